The number of halogens is 1. The Hall–Kier alpha value is -1.85. The van der Waals surface area contributed by atoms with E-state index in [-0.39, 0.29) is 6.04 Å². The number of anilines is 1. The van der Waals surface area contributed by atoms with Gasteiger partial charge in [0.25, 0.3) is 0 Å². The molecule has 3 rings (SSSR count). The van der Waals surface area contributed by atoms with Crippen LogP contribution in [0.3, 0.4) is 0 Å². The van der Waals surface area contributed by atoms with Gasteiger partial charge in [-0.1, -0.05) is 17.7 Å². The second-order valence-corrected chi connectivity index (χ2v) is 6.12. The zero-order chi connectivity index (χ0) is 14.8. The third-order valence-electron chi connectivity index (χ3n) is 3.30. The molecule has 0 fully saturated rings. The first-order chi connectivity index (χ1) is 10.1. The van der Waals surface area contributed by atoms with Crippen LogP contribution in [0.15, 0.2) is 42.0 Å². The molecule has 1 atom stereocenters. The lowest BCUT2D eigenvalue weighted by atomic mass is 10.2. The summed E-state index contributed by atoms with van der Waals surface area (Å²) in [6, 6.07) is 7.89. The van der Waals surface area contributed by atoms with Gasteiger partial charge in [-0.05, 0) is 30.5 Å². The summed E-state index contributed by atoms with van der Waals surface area (Å²) in [7, 11) is 2.00. The Morgan fingerprint density at radius 2 is 2.19 bits per heavy atom. The molecule has 1 unspecified atom stereocenters. The van der Waals surface area contributed by atoms with Gasteiger partial charge >= 0.3 is 0 Å². The molecule has 0 aromatic carbocycles. The van der Waals surface area contributed by atoms with Gasteiger partial charge in [0, 0.05) is 24.3 Å². The van der Waals surface area contributed by atoms with Crippen molar-refractivity contribution in [1.82, 2.24) is 14.5 Å². The van der Waals surface area contributed by atoms with E-state index in [4.69, 9.17) is 11.6 Å². The van der Waals surface area contributed by atoms with Crippen LogP contribution in [0.1, 0.15) is 22.4 Å². The molecule has 108 valence electrons. The number of nitrogens with one attached hydrogen (secondary N) is 1. The second-order valence-electron chi connectivity index (χ2n) is 4.76. The molecule has 0 radical (unpaired) electrons. The second kappa shape index (κ2) is 5.87. The first kappa shape index (κ1) is 14.1. The Kier molecular flexibility index (Phi) is 3.94. The number of thiophene rings is 1. The summed E-state index contributed by atoms with van der Waals surface area (Å²) in [5, 5.41) is 6.10. The highest BCUT2D eigenvalue weighted by Crippen LogP contribution is 2.29. The Morgan fingerprint density at radius 3 is 2.81 bits per heavy atom. The highest BCUT2D eigenvalue weighted by atomic mass is 35.5. The van der Waals surface area contributed by atoms with E-state index < -0.39 is 0 Å². The molecular weight excluding hydrogens is 304 g/mol. The molecule has 0 bridgehead atoms. The van der Waals surface area contributed by atoms with Gasteiger partial charge in [0.15, 0.2) is 0 Å². The minimum Gasteiger partial charge on any atom is -0.369 e. The normalized spacial score (nSPS) is 12.3. The van der Waals surface area contributed by atoms with Crippen LogP contribution in [0.25, 0.3) is 0 Å². The lowest BCUT2D eigenvalue weighted by molar-refractivity contribution is 0.755. The van der Waals surface area contributed by atoms with Crippen LogP contribution in [0, 0.1) is 6.92 Å². The van der Waals surface area contributed by atoms with Gasteiger partial charge in [-0.15, -0.1) is 11.3 Å². The molecule has 21 heavy (non-hydrogen) atoms. The van der Waals surface area contributed by atoms with Gasteiger partial charge in [0.1, 0.15) is 17.0 Å². The van der Waals surface area contributed by atoms with Crippen LogP contribution in [0.5, 0.6) is 0 Å². The quantitative estimate of drug-likeness (QED) is 0.738. The van der Waals surface area contributed by atoms with E-state index in [9.17, 15) is 0 Å². The molecule has 1 N–H and O–H groups in total. The van der Waals surface area contributed by atoms with Crippen molar-refractivity contribution in [3.05, 3.63) is 63.6 Å². The van der Waals surface area contributed by atoms with E-state index in [0.29, 0.717) is 5.15 Å². The molecule has 0 spiro atoms. The summed E-state index contributed by atoms with van der Waals surface area (Å²) >= 11 is 7.63. The summed E-state index contributed by atoms with van der Waals surface area (Å²) in [4.78, 5) is 9.97. The van der Waals surface area contributed by atoms with Crippen molar-refractivity contribution in [2.45, 2.75) is 13.0 Å². The van der Waals surface area contributed by atoms with Crippen molar-refractivity contribution < 1.29 is 0 Å². The van der Waals surface area contributed by atoms with Crippen LogP contribution < -0.4 is 5.32 Å². The fourth-order valence-corrected chi connectivity index (χ4v) is 3.17. The third kappa shape index (κ3) is 2.94. The van der Waals surface area contributed by atoms with Gasteiger partial charge in [-0.3, -0.25) is 0 Å². The number of nitrogens with zero attached hydrogens (tertiary/aromatic N) is 3. The Bertz CT molecular complexity index is 736. The van der Waals surface area contributed by atoms with Crippen LogP contribution in [-0.4, -0.2) is 14.5 Å². The lowest BCUT2D eigenvalue weighted by Gasteiger charge is -2.19. The molecule has 3 aromatic rings. The average molecular weight is 319 g/mol. The minimum atomic E-state index is -0.00771. The maximum Gasteiger partial charge on any atom is 0.136 e. The SMILES string of the molecule is Cc1nc(Cl)ccc1NC(c1cccs1)c1nccn1C. The predicted octanol–water partition coefficient (Wildman–Crippen LogP) is 4.04. The number of aromatic nitrogens is 3. The molecule has 0 amide bonds. The smallest absolute Gasteiger partial charge is 0.136 e. The standard InChI is InChI=1S/C15H15ClN4S/c1-10-11(5-6-13(16)18-10)19-14(12-4-3-9-21-12)15-17-7-8-20(15)2/h3-9,14,19H,1-2H3. The van der Waals surface area contributed by atoms with Crippen LogP contribution >= 0.6 is 22.9 Å². The molecule has 4 nitrogen and oxygen atoms in total. The molecule has 0 saturated carbocycles. The summed E-state index contributed by atoms with van der Waals surface area (Å²) in [6.45, 7) is 1.94. The van der Waals surface area contributed by atoms with Gasteiger partial charge in [-0.2, -0.15) is 0 Å². The first-order valence-corrected chi connectivity index (χ1v) is 7.81. The zero-order valence-corrected chi connectivity index (χ0v) is 13.3. The number of hydrogen-bond acceptors (Lipinski definition) is 4. The molecule has 0 aliphatic heterocycles. The molecular formula is C15H15ClN4S. The molecule has 0 saturated heterocycles. The number of aryl methyl sites for hydroxylation is 2. The average Bonchev–Trinajstić information content (AvgIpc) is 3.10. The summed E-state index contributed by atoms with van der Waals surface area (Å²) < 4.78 is 2.02. The van der Waals surface area contributed by atoms with Crippen LogP contribution in [-0.2, 0) is 7.05 Å². The molecule has 6 heteroatoms. The highest BCUT2D eigenvalue weighted by molar-refractivity contribution is 7.10. The Labute approximate surface area is 132 Å². The molecule has 0 aliphatic rings. The molecule has 0 aliphatic carbocycles. The van der Waals surface area contributed by atoms with E-state index in [1.54, 1.807) is 17.4 Å². The van der Waals surface area contributed by atoms with Gasteiger partial charge in [0.2, 0.25) is 0 Å². The number of imidazole rings is 1. The fourth-order valence-electron chi connectivity index (χ4n) is 2.21. The third-order valence-corrected chi connectivity index (χ3v) is 4.44. The van der Waals surface area contributed by atoms with Crippen LogP contribution in [0.4, 0.5) is 5.69 Å². The summed E-state index contributed by atoms with van der Waals surface area (Å²) in [5.74, 6) is 0.965. The van der Waals surface area contributed by atoms with E-state index in [1.165, 1.54) is 4.88 Å². The first-order valence-electron chi connectivity index (χ1n) is 6.55. The maximum absolute atomic E-state index is 5.92. The van der Waals surface area contributed by atoms with Gasteiger partial charge < -0.3 is 9.88 Å². The Morgan fingerprint density at radius 1 is 1.33 bits per heavy atom. The highest BCUT2D eigenvalue weighted by Gasteiger charge is 2.20. The van der Waals surface area contributed by atoms with E-state index >= 15 is 0 Å². The van der Waals surface area contributed by atoms with Crippen molar-refractivity contribution in [1.29, 1.82) is 0 Å². The van der Waals surface area contributed by atoms with E-state index in [1.807, 2.05) is 43.1 Å². The Balaban J connectivity index is 1.99. The van der Waals surface area contributed by atoms with Crippen molar-refractivity contribution in [3.8, 4) is 0 Å². The van der Waals surface area contributed by atoms with E-state index in [2.05, 4.69) is 26.7 Å². The van der Waals surface area contributed by atoms with Crippen LogP contribution in [0.2, 0.25) is 5.15 Å². The largest absolute Gasteiger partial charge is 0.369 e. The lowest BCUT2D eigenvalue weighted by Crippen LogP contribution is -2.16. The fraction of sp³-hybridized carbons (Fsp3) is 0.200. The monoisotopic (exact) mass is 318 g/mol. The zero-order valence-electron chi connectivity index (χ0n) is 11.7. The number of pyridine rings is 1. The minimum absolute atomic E-state index is 0.00771. The van der Waals surface area contributed by atoms with Crippen molar-refractivity contribution in [3.63, 3.8) is 0 Å². The predicted molar refractivity (Wildman–Crippen MR) is 87.0 cm³/mol. The van der Waals surface area contributed by atoms with Gasteiger partial charge in [0.05, 0.1) is 11.4 Å². The summed E-state index contributed by atoms with van der Waals surface area (Å²) in [5.41, 5.74) is 1.83. The summed E-state index contributed by atoms with van der Waals surface area (Å²) in [6.07, 6.45) is 3.76. The number of rotatable bonds is 4. The number of hydrogen-bond donors (Lipinski definition) is 1. The molecule has 3 heterocycles. The maximum atomic E-state index is 5.92. The van der Waals surface area contributed by atoms with Gasteiger partial charge in [-0.25, -0.2) is 9.97 Å². The van der Waals surface area contributed by atoms with E-state index in [0.717, 1.165) is 17.2 Å². The van der Waals surface area contributed by atoms with Crippen molar-refractivity contribution in [2.24, 2.45) is 7.05 Å². The van der Waals surface area contributed by atoms with Crippen molar-refractivity contribution in [2.75, 3.05) is 5.32 Å². The molecule has 3 aromatic heterocycles. The van der Waals surface area contributed by atoms with Crippen molar-refractivity contribution >= 4 is 28.6 Å². The topological polar surface area (TPSA) is 42.7 Å².